The molecular formula is C13H17FN2O4. The molecule has 0 radical (unpaired) electrons. The fourth-order valence-corrected chi connectivity index (χ4v) is 1.83. The van der Waals surface area contributed by atoms with Crippen molar-refractivity contribution in [2.45, 2.75) is 26.3 Å². The van der Waals surface area contributed by atoms with E-state index >= 15 is 0 Å². The van der Waals surface area contributed by atoms with E-state index in [4.69, 9.17) is 5.11 Å². The molecule has 1 aromatic rings. The van der Waals surface area contributed by atoms with E-state index in [0.717, 1.165) is 18.2 Å². The number of halogens is 1. The number of nitro benzene ring substituents is 1. The summed E-state index contributed by atoms with van der Waals surface area (Å²) >= 11 is 0. The van der Waals surface area contributed by atoms with Crippen molar-refractivity contribution in [2.75, 3.05) is 13.2 Å². The molecule has 0 aliphatic rings. The maximum Gasteiger partial charge on any atom is 0.282 e. The lowest BCUT2D eigenvalue weighted by Crippen LogP contribution is -2.38. The van der Waals surface area contributed by atoms with Crippen molar-refractivity contribution in [1.29, 1.82) is 0 Å². The van der Waals surface area contributed by atoms with E-state index < -0.39 is 22.3 Å². The van der Waals surface area contributed by atoms with Crippen LogP contribution >= 0.6 is 0 Å². The van der Waals surface area contributed by atoms with E-state index in [0.29, 0.717) is 6.42 Å². The van der Waals surface area contributed by atoms with E-state index in [1.165, 1.54) is 4.90 Å². The summed E-state index contributed by atoms with van der Waals surface area (Å²) in [4.78, 5) is 23.9. The van der Waals surface area contributed by atoms with E-state index in [-0.39, 0.29) is 24.8 Å². The summed E-state index contributed by atoms with van der Waals surface area (Å²) < 4.78 is 13.3. The average molecular weight is 284 g/mol. The van der Waals surface area contributed by atoms with Crippen molar-refractivity contribution in [1.82, 2.24) is 4.90 Å². The van der Waals surface area contributed by atoms with Gasteiger partial charge in [-0.3, -0.25) is 14.9 Å². The Bertz CT molecular complexity index is 505. The van der Waals surface area contributed by atoms with E-state index in [2.05, 4.69) is 0 Å². The monoisotopic (exact) mass is 284 g/mol. The van der Waals surface area contributed by atoms with Crippen LogP contribution in [-0.2, 0) is 0 Å². The third-order valence-electron chi connectivity index (χ3n) is 2.83. The number of hydrogen-bond donors (Lipinski definition) is 1. The Kier molecular flexibility index (Phi) is 5.57. The van der Waals surface area contributed by atoms with Crippen molar-refractivity contribution in [3.05, 3.63) is 39.7 Å². The molecule has 0 fully saturated rings. The number of amides is 1. The van der Waals surface area contributed by atoms with Gasteiger partial charge in [0.15, 0.2) is 0 Å². The normalized spacial score (nSPS) is 10.7. The van der Waals surface area contributed by atoms with E-state index in [9.17, 15) is 19.3 Å². The van der Waals surface area contributed by atoms with Crippen LogP contribution < -0.4 is 0 Å². The highest BCUT2D eigenvalue weighted by Gasteiger charge is 2.26. The highest BCUT2D eigenvalue weighted by molar-refractivity contribution is 5.98. The lowest BCUT2D eigenvalue weighted by Gasteiger charge is -2.26. The first kappa shape index (κ1) is 16.0. The first-order valence-corrected chi connectivity index (χ1v) is 6.24. The molecule has 0 heterocycles. The Morgan fingerprint density at radius 3 is 2.65 bits per heavy atom. The van der Waals surface area contributed by atoms with Crippen molar-refractivity contribution in [3.8, 4) is 0 Å². The quantitative estimate of drug-likeness (QED) is 0.639. The zero-order chi connectivity index (χ0) is 15.3. The van der Waals surface area contributed by atoms with Gasteiger partial charge in [0.1, 0.15) is 11.4 Å². The topological polar surface area (TPSA) is 83.7 Å². The van der Waals surface area contributed by atoms with Gasteiger partial charge in [0.05, 0.1) is 4.92 Å². The Morgan fingerprint density at radius 2 is 2.15 bits per heavy atom. The summed E-state index contributed by atoms with van der Waals surface area (Å²) in [5, 5.41) is 19.7. The van der Waals surface area contributed by atoms with Crippen LogP contribution in [0.25, 0.3) is 0 Å². The van der Waals surface area contributed by atoms with Gasteiger partial charge < -0.3 is 10.0 Å². The van der Waals surface area contributed by atoms with Gasteiger partial charge in [-0.05, 0) is 32.4 Å². The van der Waals surface area contributed by atoms with Gasteiger partial charge in [-0.2, -0.15) is 0 Å². The predicted molar refractivity (Wildman–Crippen MR) is 70.9 cm³/mol. The molecule has 0 atom stereocenters. The van der Waals surface area contributed by atoms with Gasteiger partial charge in [0, 0.05) is 25.3 Å². The number of rotatable bonds is 6. The number of nitrogens with zero attached hydrogens (tertiary/aromatic N) is 2. The fraction of sp³-hybridized carbons (Fsp3) is 0.462. The van der Waals surface area contributed by atoms with Gasteiger partial charge in [0.25, 0.3) is 11.6 Å². The molecule has 1 amide bonds. The zero-order valence-electron chi connectivity index (χ0n) is 11.4. The zero-order valence-corrected chi connectivity index (χ0v) is 11.4. The van der Waals surface area contributed by atoms with Gasteiger partial charge in [-0.1, -0.05) is 0 Å². The molecule has 0 bridgehead atoms. The third kappa shape index (κ3) is 3.74. The van der Waals surface area contributed by atoms with Gasteiger partial charge in [-0.15, -0.1) is 0 Å². The summed E-state index contributed by atoms with van der Waals surface area (Å²) in [7, 11) is 0. The number of nitro groups is 1. The lowest BCUT2D eigenvalue weighted by molar-refractivity contribution is -0.385. The largest absolute Gasteiger partial charge is 0.396 e. The van der Waals surface area contributed by atoms with Crippen LogP contribution in [0, 0.1) is 15.9 Å². The van der Waals surface area contributed by atoms with E-state index in [1.54, 1.807) is 13.8 Å². The Labute approximate surface area is 116 Å². The molecule has 110 valence electrons. The molecule has 0 spiro atoms. The lowest BCUT2D eigenvalue weighted by atomic mass is 10.1. The second-order valence-corrected chi connectivity index (χ2v) is 4.59. The van der Waals surface area contributed by atoms with Crippen LogP contribution in [0.15, 0.2) is 18.2 Å². The first-order valence-electron chi connectivity index (χ1n) is 6.24. The summed E-state index contributed by atoms with van der Waals surface area (Å²) in [5.41, 5.74) is -0.701. The molecule has 0 aliphatic heterocycles. The molecular weight excluding hydrogens is 267 g/mol. The minimum Gasteiger partial charge on any atom is -0.396 e. The second-order valence-electron chi connectivity index (χ2n) is 4.59. The molecule has 20 heavy (non-hydrogen) atoms. The Morgan fingerprint density at radius 1 is 1.50 bits per heavy atom. The van der Waals surface area contributed by atoms with E-state index in [1.807, 2.05) is 0 Å². The average Bonchev–Trinajstić information content (AvgIpc) is 2.38. The minimum absolute atomic E-state index is 0.0955. The Hall–Kier alpha value is -2.02. The highest BCUT2D eigenvalue weighted by Crippen LogP contribution is 2.22. The number of aliphatic hydroxyl groups excluding tert-OH is 1. The van der Waals surface area contributed by atoms with Crippen LogP contribution in [0.1, 0.15) is 30.6 Å². The molecule has 1 N–H and O–H groups in total. The molecule has 1 aromatic carbocycles. The second kappa shape index (κ2) is 6.95. The SMILES string of the molecule is CC(C)N(CCCO)C(=O)c1cc(F)ccc1[N+](=O)[O-]. The van der Waals surface area contributed by atoms with Crippen molar-refractivity contribution in [2.24, 2.45) is 0 Å². The van der Waals surface area contributed by atoms with Gasteiger partial charge in [-0.25, -0.2) is 4.39 Å². The van der Waals surface area contributed by atoms with Gasteiger partial charge in [0.2, 0.25) is 0 Å². The molecule has 0 saturated carbocycles. The van der Waals surface area contributed by atoms with Crippen LogP contribution in [0.4, 0.5) is 10.1 Å². The predicted octanol–water partition coefficient (Wildman–Crippen LogP) is 1.97. The standard InChI is InChI=1S/C13H17FN2O4/c1-9(2)15(6-3-7-17)13(18)11-8-10(14)4-5-12(11)16(19)20/h4-5,8-9,17H,3,6-7H2,1-2H3. The van der Waals surface area contributed by atoms with Crippen LogP contribution in [-0.4, -0.2) is 40.0 Å². The molecule has 1 rings (SSSR count). The van der Waals surface area contributed by atoms with Crippen molar-refractivity contribution < 1.29 is 19.2 Å². The van der Waals surface area contributed by atoms with Crippen LogP contribution in [0.5, 0.6) is 0 Å². The minimum atomic E-state index is -0.711. The molecule has 0 aromatic heterocycles. The van der Waals surface area contributed by atoms with Crippen LogP contribution in [0.3, 0.4) is 0 Å². The number of aliphatic hydroxyl groups is 1. The van der Waals surface area contributed by atoms with Crippen LogP contribution in [0.2, 0.25) is 0 Å². The number of hydrogen-bond acceptors (Lipinski definition) is 4. The van der Waals surface area contributed by atoms with Gasteiger partial charge >= 0.3 is 0 Å². The third-order valence-corrected chi connectivity index (χ3v) is 2.83. The fourth-order valence-electron chi connectivity index (χ4n) is 1.83. The maximum atomic E-state index is 13.3. The van der Waals surface area contributed by atoms with Crippen molar-refractivity contribution in [3.63, 3.8) is 0 Å². The summed E-state index contributed by atoms with van der Waals surface area (Å²) in [6.45, 7) is 3.66. The molecule has 0 unspecified atom stereocenters. The summed E-state index contributed by atoms with van der Waals surface area (Å²) in [6.07, 6.45) is 0.354. The maximum absolute atomic E-state index is 13.3. The molecule has 6 nitrogen and oxygen atoms in total. The number of carbonyl (C=O) groups excluding carboxylic acids is 1. The Balaban J connectivity index is 3.16. The summed E-state index contributed by atoms with van der Waals surface area (Å²) in [5.74, 6) is -1.32. The highest BCUT2D eigenvalue weighted by atomic mass is 19.1. The smallest absolute Gasteiger partial charge is 0.282 e. The molecule has 0 saturated heterocycles. The van der Waals surface area contributed by atoms with Crippen molar-refractivity contribution >= 4 is 11.6 Å². The molecule has 7 heteroatoms. The number of carbonyl (C=O) groups is 1. The molecule has 0 aliphatic carbocycles. The number of benzene rings is 1. The summed E-state index contributed by atoms with van der Waals surface area (Å²) in [6, 6.07) is 2.58. The first-order chi connectivity index (χ1) is 9.38.